The summed E-state index contributed by atoms with van der Waals surface area (Å²) in [5.41, 5.74) is 2.15. The summed E-state index contributed by atoms with van der Waals surface area (Å²) in [7, 11) is 1.52. The highest BCUT2D eigenvalue weighted by Crippen LogP contribution is 2.38. The number of carbonyl (C=O) groups is 2. The number of halogens is 1. The Bertz CT molecular complexity index is 950. The molecule has 2 heterocycles. The standard InChI is InChI=1S/C22H21ClN2O3/c1-28-18-11-10-16(14-17(18)23)25-21(26)19(15-8-4-2-5-9-15)20(22(25)27)24-12-6-3-7-13-24/h2,4-5,8-11,14H,3,6-7,12-13H2,1H3. The highest BCUT2D eigenvalue weighted by molar-refractivity contribution is 6.45. The molecule has 2 amide bonds. The van der Waals surface area contributed by atoms with Crippen LogP contribution in [0.5, 0.6) is 5.75 Å². The zero-order valence-electron chi connectivity index (χ0n) is 15.7. The zero-order valence-corrected chi connectivity index (χ0v) is 16.4. The average molecular weight is 397 g/mol. The number of rotatable bonds is 4. The molecular weight excluding hydrogens is 376 g/mol. The molecule has 2 aromatic carbocycles. The fourth-order valence-electron chi connectivity index (χ4n) is 3.82. The van der Waals surface area contributed by atoms with E-state index < -0.39 is 0 Å². The van der Waals surface area contributed by atoms with Crippen LogP contribution in [-0.4, -0.2) is 36.9 Å². The van der Waals surface area contributed by atoms with E-state index in [1.807, 2.05) is 30.3 Å². The van der Waals surface area contributed by atoms with Crippen molar-refractivity contribution in [2.75, 3.05) is 25.1 Å². The monoisotopic (exact) mass is 396 g/mol. The highest BCUT2D eigenvalue weighted by Gasteiger charge is 2.42. The number of hydrogen-bond acceptors (Lipinski definition) is 4. The summed E-state index contributed by atoms with van der Waals surface area (Å²) in [6, 6.07) is 14.3. The maximum Gasteiger partial charge on any atom is 0.282 e. The Morgan fingerprint density at radius 1 is 0.929 bits per heavy atom. The summed E-state index contributed by atoms with van der Waals surface area (Å²) in [6.45, 7) is 1.56. The van der Waals surface area contributed by atoms with E-state index in [4.69, 9.17) is 16.3 Å². The van der Waals surface area contributed by atoms with Crippen LogP contribution in [0.15, 0.2) is 54.2 Å². The number of carbonyl (C=O) groups excluding carboxylic acids is 2. The van der Waals surface area contributed by atoms with Gasteiger partial charge in [0.2, 0.25) is 0 Å². The number of amides is 2. The molecule has 0 atom stereocenters. The molecule has 1 fully saturated rings. The van der Waals surface area contributed by atoms with Crippen LogP contribution >= 0.6 is 11.6 Å². The zero-order chi connectivity index (χ0) is 19.7. The van der Waals surface area contributed by atoms with Crippen LogP contribution in [0.1, 0.15) is 24.8 Å². The van der Waals surface area contributed by atoms with Crippen molar-refractivity contribution in [1.82, 2.24) is 4.90 Å². The largest absolute Gasteiger partial charge is 0.495 e. The molecule has 0 unspecified atom stereocenters. The molecule has 2 aromatic rings. The Hall–Kier alpha value is -2.79. The van der Waals surface area contributed by atoms with Gasteiger partial charge in [-0.05, 0) is 43.0 Å². The van der Waals surface area contributed by atoms with Crippen molar-refractivity contribution in [2.24, 2.45) is 0 Å². The van der Waals surface area contributed by atoms with Gasteiger partial charge >= 0.3 is 0 Å². The van der Waals surface area contributed by atoms with E-state index in [0.29, 0.717) is 27.7 Å². The predicted octanol–water partition coefficient (Wildman–Crippen LogP) is 4.12. The van der Waals surface area contributed by atoms with Gasteiger partial charge in [-0.3, -0.25) is 9.59 Å². The number of likely N-dealkylation sites (tertiary alicyclic amines) is 1. The third-order valence-corrected chi connectivity index (χ3v) is 5.48. The molecule has 1 saturated heterocycles. The van der Waals surface area contributed by atoms with Crippen LogP contribution in [-0.2, 0) is 9.59 Å². The molecule has 0 radical (unpaired) electrons. The van der Waals surface area contributed by atoms with Gasteiger partial charge in [-0.25, -0.2) is 4.90 Å². The molecule has 0 aromatic heterocycles. The van der Waals surface area contributed by atoms with E-state index >= 15 is 0 Å². The first-order valence-electron chi connectivity index (χ1n) is 9.39. The molecule has 144 valence electrons. The molecule has 4 rings (SSSR count). The quantitative estimate of drug-likeness (QED) is 0.729. The van der Waals surface area contributed by atoms with Gasteiger partial charge in [0.25, 0.3) is 11.8 Å². The first-order valence-corrected chi connectivity index (χ1v) is 9.76. The van der Waals surface area contributed by atoms with Crippen LogP contribution in [0, 0.1) is 0 Å². The Morgan fingerprint density at radius 2 is 1.64 bits per heavy atom. The van der Waals surface area contributed by atoms with Gasteiger partial charge in [-0.2, -0.15) is 0 Å². The number of methoxy groups -OCH3 is 1. The van der Waals surface area contributed by atoms with Crippen molar-refractivity contribution in [3.05, 3.63) is 64.8 Å². The summed E-state index contributed by atoms with van der Waals surface area (Å²) < 4.78 is 5.18. The van der Waals surface area contributed by atoms with Gasteiger partial charge in [-0.15, -0.1) is 0 Å². The Morgan fingerprint density at radius 3 is 2.29 bits per heavy atom. The number of imide groups is 1. The molecule has 0 saturated carbocycles. The van der Waals surface area contributed by atoms with Gasteiger partial charge in [0.15, 0.2) is 0 Å². The lowest BCUT2D eigenvalue weighted by atomic mass is 10.0. The van der Waals surface area contributed by atoms with Gasteiger partial charge < -0.3 is 9.64 Å². The molecule has 0 spiro atoms. The van der Waals surface area contributed by atoms with E-state index in [-0.39, 0.29) is 11.8 Å². The van der Waals surface area contributed by atoms with Gasteiger partial charge in [0.1, 0.15) is 11.4 Å². The van der Waals surface area contributed by atoms with Crippen LogP contribution in [0.2, 0.25) is 5.02 Å². The molecule has 0 aliphatic carbocycles. The van der Waals surface area contributed by atoms with Crippen molar-refractivity contribution >= 4 is 34.7 Å². The fourth-order valence-corrected chi connectivity index (χ4v) is 4.07. The second kappa shape index (κ2) is 7.68. The minimum atomic E-state index is -0.321. The predicted molar refractivity (Wildman–Crippen MR) is 109 cm³/mol. The lowest BCUT2D eigenvalue weighted by molar-refractivity contribution is -0.120. The first-order chi connectivity index (χ1) is 13.6. The first kappa shape index (κ1) is 18.6. The topological polar surface area (TPSA) is 49.9 Å². The minimum absolute atomic E-state index is 0.299. The second-order valence-electron chi connectivity index (χ2n) is 6.90. The molecule has 2 aliphatic heterocycles. The third kappa shape index (κ3) is 3.16. The van der Waals surface area contributed by atoms with Crippen molar-refractivity contribution in [2.45, 2.75) is 19.3 Å². The highest BCUT2D eigenvalue weighted by atomic mass is 35.5. The van der Waals surface area contributed by atoms with E-state index in [9.17, 15) is 9.59 Å². The minimum Gasteiger partial charge on any atom is -0.495 e. The second-order valence-corrected chi connectivity index (χ2v) is 7.31. The number of benzene rings is 2. The number of piperidine rings is 1. The van der Waals surface area contributed by atoms with Gasteiger partial charge in [0.05, 0.1) is 23.4 Å². The maximum atomic E-state index is 13.4. The summed E-state index contributed by atoms with van der Waals surface area (Å²) in [5, 5.41) is 0.355. The van der Waals surface area contributed by atoms with Crippen molar-refractivity contribution in [3.8, 4) is 5.75 Å². The van der Waals surface area contributed by atoms with E-state index in [1.54, 1.807) is 18.2 Å². The van der Waals surface area contributed by atoms with Crippen molar-refractivity contribution in [3.63, 3.8) is 0 Å². The van der Waals surface area contributed by atoms with E-state index in [1.165, 1.54) is 12.0 Å². The summed E-state index contributed by atoms with van der Waals surface area (Å²) in [4.78, 5) is 30.1. The summed E-state index contributed by atoms with van der Waals surface area (Å²) in [6.07, 6.45) is 3.17. The van der Waals surface area contributed by atoms with Crippen LogP contribution in [0.25, 0.3) is 5.57 Å². The number of ether oxygens (including phenoxy) is 1. The molecule has 0 bridgehead atoms. The lowest BCUT2D eigenvalue weighted by Gasteiger charge is -2.29. The summed E-state index contributed by atoms with van der Waals surface area (Å²) in [5.74, 6) is -0.123. The molecular formula is C22H21ClN2O3. The van der Waals surface area contributed by atoms with Crippen LogP contribution < -0.4 is 9.64 Å². The molecule has 6 heteroatoms. The summed E-state index contributed by atoms with van der Waals surface area (Å²) >= 11 is 6.24. The van der Waals surface area contributed by atoms with E-state index in [0.717, 1.165) is 37.9 Å². The molecule has 28 heavy (non-hydrogen) atoms. The normalized spacial score (nSPS) is 17.5. The van der Waals surface area contributed by atoms with E-state index in [2.05, 4.69) is 4.90 Å². The molecule has 5 nitrogen and oxygen atoms in total. The smallest absolute Gasteiger partial charge is 0.282 e. The third-order valence-electron chi connectivity index (χ3n) is 5.19. The molecule has 0 N–H and O–H groups in total. The maximum absolute atomic E-state index is 13.4. The Balaban J connectivity index is 1.80. The van der Waals surface area contributed by atoms with Crippen LogP contribution in [0.4, 0.5) is 5.69 Å². The average Bonchev–Trinajstić information content (AvgIpc) is 2.99. The van der Waals surface area contributed by atoms with Gasteiger partial charge in [0, 0.05) is 13.1 Å². The lowest BCUT2D eigenvalue weighted by Crippen LogP contribution is -2.37. The van der Waals surface area contributed by atoms with Crippen molar-refractivity contribution in [1.29, 1.82) is 0 Å². The Kier molecular flexibility index (Phi) is 5.09. The number of hydrogen-bond donors (Lipinski definition) is 0. The number of nitrogens with zero attached hydrogens (tertiary/aromatic N) is 2. The van der Waals surface area contributed by atoms with Crippen LogP contribution in [0.3, 0.4) is 0 Å². The SMILES string of the molecule is COc1ccc(N2C(=O)C(c3ccccc3)=C(N3CCCCC3)C2=O)cc1Cl. The Labute approximate surface area is 169 Å². The van der Waals surface area contributed by atoms with Gasteiger partial charge in [-0.1, -0.05) is 41.9 Å². The molecule has 2 aliphatic rings. The fraction of sp³-hybridized carbons (Fsp3) is 0.273. The number of anilines is 1. The van der Waals surface area contributed by atoms with Crippen molar-refractivity contribution < 1.29 is 14.3 Å².